The number of aliphatic carboxylic acids is 1. The molecule has 7 amide bonds. The highest BCUT2D eigenvalue weighted by Crippen LogP contribution is 2.08. The minimum Gasteiger partial charge on any atom is -0.480 e. The van der Waals surface area contributed by atoms with E-state index in [1.165, 1.54) is 0 Å². The molecule has 75 heavy (non-hydrogen) atoms. The molecule has 0 unspecified atom stereocenters. The lowest BCUT2D eigenvalue weighted by Gasteiger charge is -2.25. The van der Waals surface area contributed by atoms with E-state index >= 15 is 0 Å². The van der Waals surface area contributed by atoms with E-state index in [0.717, 1.165) is 0 Å². The number of amides is 7. The van der Waals surface area contributed by atoms with Crippen LogP contribution in [0.4, 0.5) is 0 Å². The van der Waals surface area contributed by atoms with Gasteiger partial charge in [-0.15, -0.1) is 0 Å². The van der Waals surface area contributed by atoms with Gasteiger partial charge in [0.1, 0.15) is 30.2 Å². The SMILES string of the molecule is NC(N)=NCCC[C@H](NC(=O)CNC(=O)[C@H](CCCN=C(N)N)NC(=O)[C@H](CCCN=C(N)N)NC(=O)[C@H](CCCN=C(N)N)NC(=O)CNC(=O)[C@H](CCCN=C(N)N)NC(=O)[C@@H](N)CCCN=C(N)N)C(=O)O. The molecule has 35 nitrogen and oxygen atoms in total. The molecule has 0 bridgehead atoms. The number of guanidine groups is 6. The van der Waals surface area contributed by atoms with Crippen molar-refractivity contribution in [3.05, 3.63) is 0 Å². The number of carboxylic acid groups (broad SMARTS) is 1. The van der Waals surface area contributed by atoms with Crippen molar-refractivity contribution in [3.63, 3.8) is 0 Å². The summed E-state index contributed by atoms with van der Waals surface area (Å²) in [5, 5.41) is 26.9. The van der Waals surface area contributed by atoms with Gasteiger partial charge in [0.2, 0.25) is 41.4 Å². The van der Waals surface area contributed by atoms with Gasteiger partial charge in [-0.1, -0.05) is 0 Å². The van der Waals surface area contributed by atoms with Crippen molar-refractivity contribution in [2.75, 3.05) is 52.4 Å². The maximum atomic E-state index is 14.1. The topological polar surface area (TPSA) is 653 Å². The van der Waals surface area contributed by atoms with Crippen molar-refractivity contribution in [2.24, 2.45) is 104 Å². The fraction of sp³-hybridized carbons (Fsp3) is 0.650. The van der Waals surface area contributed by atoms with Crippen molar-refractivity contribution in [3.8, 4) is 0 Å². The maximum Gasteiger partial charge on any atom is 0.326 e. The van der Waals surface area contributed by atoms with E-state index in [4.69, 9.17) is 74.5 Å². The summed E-state index contributed by atoms with van der Waals surface area (Å²) in [5.74, 6) is -8.50. The van der Waals surface area contributed by atoms with Gasteiger partial charge in [-0.3, -0.25) is 63.5 Å². The molecular formula is C40H80N26O9. The summed E-state index contributed by atoms with van der Waals surface area (Å²) in [7, 11) is 0. The van der Waals surface area contributed by atoms with Gasteiger partial charge in [0.15, 0.2) is 35.8 Å². The van der Waals surface area contributed by atoms with Crippen LogP contribution in [0, 0.1) is 0 Å². The Labute approximate surface area is 433 Å². The Hall–Kier alpha value is -8.66. The van der Waals surface area contributed by atoms with E-state index in [2.05, 4.69) is 67.2 Å². The van der Waals surface area contributed by atoms with Gasteiger partial charge in [0.25, 0.3) is 0 Å². The fourth-order valence-electron chi connectivity index (χ4n) is 6.40. The second kappa shape index (κ2) is 38.0. The number of nitrogens with one attached hydrogen (secondary N) is 7. The van der Waals surface area contributed by atoms with Crippen LogP contribution in [-0.2, 0) is 38.4 Å². The summed E-state index contributed by atoms with van der Waals surface area (Å²) >= 11 is 0. The van der Waals surface area contributed by atoms with Gasteiger partial charge in [-0.2, -0.15) is 0 Å². The number of hydrogen-bond acceptors (Lipinski definition) is 15. The normalized spacial score (nSPS) is 12.9. The first-order valence-corrected chi connectivity index (χ1v) is 23.7. The number of aliphatic imine (C=N–C) groups is 6. The highest BCUT2D eigenvalue weighted by atomic mass is 16.4. The Kier molecular flexibility index (Phi) is 33.6. The summed E-state index contributed by atoms with van der Waals surface area (Å²) in [6.45, 7) is -0.953. The van der Waals surface area contributed by atoms with Crippen molar-refractivity contribution >= 4 is 83.1 Å². The second-order valence-electron chi connectivity index (χ2n) is 16.5. The lowest BCUT2D eigenvalue weighted by molar-refractivity contribution is -0.142. The van der Waals surface area contributed by atoms with E-state index in [1.807, 2.05) is 0 Å². The standard InChI is InChI=1S/C40H80N26O9/c41-21(7-1-13-54-35(42)43)29(69)64-22(8-2-14-55-36(44)45)30(70)60-19-27(67)62-24(10-4-16-57-38(48)49)32(72)66-25(11-5-17-58-39(50)51)33(73)65-23(9-3-15-56-37(46)47)31(71)61-20-28(68)63-26(34(74)75)12-6-18-59-40(52)53/h21-26H,1-20,41H2,(H,60,70)(H,61,71)(H,62,67)(H,63,68)(H,64,69)(H,65,73)(H,66,72)(H,74,75)(H4,42,43,54)(H4,44,45,55)(H4,46,47,56)(H4,48,49,57)(H4,50,51,58)(H4,52,53,59)/t21-,22-,23-,24-,25-,26-/m0/s1. The van der Waals surface area contributed by atoms with E-state index in [0.29, 0.717) is 6.42 Å². The Morgan fingerprint density at radius 1 is 0.333 bits per heavy atom. The summed E-state index contributed by atoms with van der Waals surface area (Å²) in [6.07, 6.45) is 0.938. The predicted molar refractivity (Wildman–Crippen MR) is 281 cm³/mol. The molecule has 0 aliphatic rings. The zero-order valence-electron chi connectivity index (χ0n) is 42.0. The van der Waals surface area contributed by atoms with Crippen LogP contribution in [0.25, 0.3) is 0 Å². The van der Waals surface area contributed by atoms with E-state index in [-0.39, 0.29) is 146 Å². The van der Waals surface area contributed by atoms with Crippen LogP contribution < -0.4 is 112 Å². The molecule has 34 N–H and O–H groups in total. The molecule has 424 valence electrons. The molecule has 0 saturated carbocycles. The first kappa shape index (κ1) is 66.3. The number of hydrogen-bond donors (Lipinski definition) is 21. The Morgan fingerprint density at radius 2 is 0.573 bits per heavy atom. The average Bonchev–Trinajstić information content (AvgIpc) is 3.32. The minimum atomic E-state index is -1.42. The predicted octanol–water partition coefficient (Wildman–Crippen LogP) is -10.6. The highest BCUT2D eigenvalue weighted by Gasteiger charge is 2.31. The van der Waals surface area contributed by atoms with E-state index in [1.54, 1.807) is 0 Å². The molecule has 0 aromatic carbocycles. The quantitative estimate of drug-likeness (QED) is 0.0154. The van der Waals surface area contributed by atoms with Crippen LogP contribution >= 0.6 is 0 Å². The lowest BCUT2D eigenvalue weighted by Crippen LogP contribution is -2.58. The van der Waals surface area contributed by atoms with E-state index < -0.39 is 96.7 Å². The smallest absolute Gasteiger partial charge is 0.326 e. The van der Waals surface area contributed by atoms with Crippen LogP contribution in [0.1, 0.15) is 77.0 Å². The molecule has 0 radical (unpaired) electrons. The molecule has 6 atom stereocenters. The minimum absolute atomic E-state index is 0.00459. The van der Waals surface area contributed by atoms with Crippen LogP contribution in [0.3, 0.4) is 0 Å². The van der Waals surface area contributed by atoms with Gasteiger partial charge in [-0.25, -0.2) is 4.79 Å². The number of carbonyl (C=O) groups excluding carboxylic acids is 7. The number of carboxylic acids is 1. The van der Waals surface area contributed by atoms with E-state index in [9.17, 15) is 43.5 Å². The largest absolute Gasteiger partial charge is 0.480 e. The number of nitrogens with two attached hydrogens (primary N) is 13. The number of rotatable bonds is 39. The molecule has 0 aromatic rings. The summed E-state index contributed by atoms with van der Waals surface area (Å²) in [6, 6.07) is -7.80. The van der Waals surface area contributed by atoms with Crippen LogP contribution in [0.5, 0.6) is 0 Å². The van der Waals surface area contributed by atoms with Gasteiger partial charge < -0.3 is 117 Å². The summed E-state index contributed by atoms with van der Waals surface area (Å²) < 4.78 is 0. The molecular weight excluding hydrogens is 989 g/mol. The fourth-order valence-corrected chi connectivity index (χ4v) is 6.40. The monoisotopic (exact) mass is 1070 g/mol. The maximum absolute atomic E-state index is 14.1. The van der Waals surface area contributed by atoms with Gasteiger partial charge in [0.05, 0.1) is 19.1 Å². The van der Waals surface area contributed by atoms with Gasteiger partial charge in [0, 0.05) is 39.3 Å². The number of carbonyl (C=O) groups is 8. The average molecular weight is 1070 g/mol. The molecule has 0 saturated heterocycles. The Balaban J connectivity index is 6.48. The molecule has 0 aromatic heterocycles. The van der Waals surface area contributed by atoms with Gasteiger partial charge in [-0.05, 0) is 77.0 Å². The first-order valence-electron chi connectivity index (χ1n) is 23.7. The lowest BCUT2D eigenvalue weighted by atomic mass is 10.1. The third-order valence-corrected chi connectivity index (χ3v) is 10.1. The van der Waals surface area contributed by atoms with Crippen LogP contribution in [0.2, 0.25) is 0 Å². The third-order valence-electron chi connectivity index (χ3n) is 10.1. The Bertz CT molecular complexity index is 2020. The Morgan fingerprint density at radius 3 is 0.867 bits per heavy atom. The van der Waals surface area contributed by atoms with Crippen LogP contribution in [-0.4, -0.2) is 177 Å². The highest BCUT2D eigenvalue weighted by molar-refractivity contribution is 5.96. The molecule has 0 aliphatic heterocycles. The third kappa shape index (κ3) is 34.4. The number of nitrogens with zero attached hydrogens (tertiary/aromatic N) is 6. The molecule has 0 aliphatic carbocycles. The zero-order valence-corrected chi connectivity index (χ0v) is 42.0. The molecule has 0 heterocycles. The summed E-state index contributed by atoms with van der Waals surface area (Å²) in [4.78, 5) is 129. The molecule has 0 fully saturated rings. The van der Waals surface area contributed by atoms with Crippen molar-refractivity contribution in [2.45, 2.75) is 113 Å². The van der Waals surface area contributed by atoms with Crippen molar-refractivity contribution < 1.29 is 43.5 Å². The zero-order chi connectivity index (χ0) is 56.9. The molecule has 35 heteroatoms. The van der Waals surface area contributed by atoms with Gasteiger partial charge >= 0.3 is 5.97 Å². The molecule has 0 spiro atoms. The van der Waals surface area contributed by atoms with Crippen molar-refractivity contribution in [1.29, 1.82) is 0 Å². The van der Waals surface area contributed by atoms with Crippen molar-refractivity contribution in [1.82, 2.24) is 37.2 Å². The second-order valence-corrected chi connectivity index (χ2v) is 16.5. The molecule has 0 rings (SSSR count). The summed E-state index contributed by atoms with van der Waals surface area (Å²) in [5.41, 5.74) is 70.9. The van der Waals surface area contributed by atoms with Crippen LogP contribution in [0.15, 0.2) is 30.0 Å². The first-order chi connectivity index (χ1) is 35.3.